The van der Waals surface area contributed by atoms with Gasteiger partial charge in [-0.3, -0.25) is 9.59 Å². The molecule has 0 bridgehead atoms. The summed E-state index contributed by atoms with van der Waals surface area (Å²) in [7, 11) is 0. The third-order valence-corrected chi connectivity index (χ3v) is 3.40. The fraction of sp³-hybridized carbons (Fsp3) is 0.143. The summed E-state index contributed by atoms with van der Waals surface area (Å²) in [5.41, 5.74) is 0.819. The minimum atomic E-state index is -0.995. The molecule has 0 fully saturated rings. The molecule has 0 aliphatic heterocycles. The van der Waals surface area contributed by atoms with E-state index in [0.29, 0.717) is 19.0 Å². The minimum absolute atomic E-state index is 0.241. The van der Waals surface area contributed by atoms with Gasteiger partial charge in [-0.25, -0.2) is 8.78 Å². The Morgan fingerprint density at radius 3 is 2.62 bits per heavy atom. The standard InChI is InChI=1S/C14H12F2N2O2S/c15-10-1-2-12(11(16)7-10)18-14(20)13(19)17-5-3-9-4-6-21-8-9/h1-2,4,6-8H,3,5H2,(H,17,19)(H,18,20). The van der Waals surface area contributed by atoms with Crippen LogP contribution < -0.4 is 10.6 Å². The molecule has 0 radical (unpaired) electrons. The van der Waals surface area contributed by atoms with Crippen molar-refractivity contribution in [1.82, 2.24) is 5.32 Å². The van der Waals surface area contributed by atoms with Crippen molar-refractivity contribution in [2.75, 3.05) is 11.9 Å². The van der Waals surface area contributed by atoms with Crippen molar-refractivity contribution >= 4 is 28.8 Å². The number of halogens is 2. The molecule has 1 aromatic heterocycles. The van der Waals surface area contributed by atoms with E-state index in [1.54, 1.807) is 11.3 Å². The van der Waals surface area contributed by atoms with Gasteiger partial charge in [0, 0.05) is 12.6 Å². The molecule has 2 rings (SSSR count). The zero-order chi connectivity index (χ0) is 15.2. The molecular weight excluding hydrogens is 298 g/mol. The van der Waals surface area contributed by atoms with Crippen LogP contribution in [0.5, 0.6) is 0 Å². The van der Waals surface area contributed by atoms with Gasteiger partial charge in [-0.2, -0.15) is 11.3 Å². The van der Waals surface area contributed by atoms with Crippen molar-refractivity contribution in [3.8, 4) is 0 Å². The number of carbonyl (C=O) groups excluding carboxylic acids is 2. The maximum Gasteiger partial charge on any atom is 0.313 e. The van der Waals surface area contributed by atoms with E-state index in [0.717, 1.165) is 17.7 Å². The first-order chi connectivity index (χ1) is 10.1. The second-order valence-corrected chi connectivity index (χ2v) is 5.00. The first-order valence-corrected chi connectivity index (χ1v) is 7.06. The van der Waals surface area contributed by atoms with Gasteiger partial charge in [-0.15, -0.1) is 0 Å². The highest BCUT2D eigenvalue weighted by molar-refractivity contribution is 7.07. The van der Waals surface area contributed by atoms with Gasteiger partial charge in [0.1, 0.15) is 11.6 Å². The van der Waals surface area contributed by atoms with Crippen molar-refractivity contribution in [2.45, 2.75) is 6.42 Å². The Morgan fingerprint density at radius 1 is 1.14 bits per heavy atom. The fourth-order valence-corrected chi connectivity index (χ4v) is 2.31. The summed E-state index contributed by atoms with van der Waals surface area (Å²) < 4.78 is 26.0. The third kappa shape index (κ3) is 4.35. The monoisotopic (exact) mass is 310 g/mol. The number of anilines is 1. The molecule has 1 aromatic carbocycles. The molecule has 0 unspecified atom stereocenters. The summed E-state index contributed by atoms with van der Waals surface area (Å²) >= 11 is 1.54. The highest BCUT2D eigenvalue weighted by Gasteiger charge is 2.15. The molecule has 0 atom stereocenters. The number of hydrogen-bond acceptors (Lipinski definition) is 3. The van der Waals surface area contributed by atoms with Crippen LogP contribution in [0.25, 0.3) is 0 Å². The smallest absolute Gasteiger partial charge is 0.313 e. The Balaban J connectivity index is 1.83. The van der Waals surface area contributed by atoms with Crippen LogP contribution in [0, 0.1) is 11.6 Å². The van der Waals surface area contributed by atoms with Gasteiger partial charge < -0.3 is 10.6 Å². The van der Waals surface area contributed by atoms with Gasteiger partial charge in [-0.05, 0) is 40.9 Å². The van der Waals surface area contributed by atoms with Crippen LogP contribution in [0.2, 0.25) is 0 Å². The molecule has 2 amide bonds. The number of hydrogen-bond donors (Lipinski definition) is 2. The lowest BCUT2D eigenvalue weighted by molar-refractivity contribution is -0.136. The maximum atomic E-state index is 13.3. The lowest BCUT2D eigenvalue weighted by atomic mass is 10.2. The average Bonchev–Trinajstić information content (AvgIpc) is 2.95. The molecule has 2 aromatic rings. The average molecular weight is 310 g/mol. The fourth-order valence-electron chi connectivity index (χ4n) is 1.61. The number of benzene rings is 1. The molecule has 0 spiro atoms. The largest absolute Gasteiger partial charge is 0.347 e. The van der Waals surface area contributed by atoms with E-state index in [1.807, 2.05) is 16.8 Å². The van der Waals surface area contributed by atoms with Crippen LogP contribution in [0.1, 0.15) is 5.56 Å². The first kappa shape index (κ1) is 15.1. The molecule has 4 nitrogen and oxygen atoms in total. The zero-order valence-corrected chi connectivity index (χ0v) is 11.7. The molecule has 7 heteroatoms. The summed E-state index contributed by atoms with van der Waals surface area (Å²) in [5, 5.41) is 8.38. The summed E-state index contributed by atoms with van der Waals surface area (Å²) in [6.07, 6.45) is 0.605. The predicted molar refractivity (Wildman–Crippen MR) is 76.0 cm³/mol. The van der Waals surface area contributed by atoms with E-state index in [1.165, 1.54) is 0 Å². The molecule has 0 saturated carbocycles. The zero-order valence-electron chi connectivity index (χ0n) is 10.9. The van der Waals surface area contributed by atoms with E-state index < -0.39 is 23.4 Å². The quantitative estimate of drug-likeness (QED) is 0.852. The van der Waals surface area contributed by atoms with Gasteiger partial charge in [-0.1, -0.05) is 0 Å². The molecule has 21 heavy (non-hydrogen) atoms. The Labute approximate surface area is 123 Å². The van der Waals surface area contributed by atoms with Gasteiger partial charge >= 0.3 is 11.8 Å². The lowest BCUT2D eigenvalue weighted by Crippen LogP contribution is -2.36. The molecule has 2 N–H and O–H groups in total. The van der Waals surface area contributed by atoms with E-state index in [2.05, 4.69) is 10.6 Å². The van der Waals surface area contributed by atoms with Crippen LogP contribution >= 0.6 is 11.3 Å². The van der Waals surface area contributed by atoms with Crippen LogP contribution in [0.4, 0.5) is 14.5 Å². The minimum Gasteiger partial charge on any atom is -0.347 e. The number of thiophene rings is 1. The van der Waals surface area contributed by atoms with Crippen LogP contribution in [-0.4, -0.2) is 18.4 Å². The number of nitrogens with one attached hydrogen (secondary N) is 2. The molecule has 0 aliphatic carbocycles. The summed E-state index contributed by atoms with van der Waals surface area (Å²) in [4.78, 5) is 23.1. The Kier molecular flexibility index (Phi) is 4.99. The molecule has 0 aliphatic rings. The SMILES string of the molecule is O=C(NCCc1ccsc1)C(=O)Nc1ccc(F)cc1F. The highest BCUT2D eigenvalue weighted by Crippen LogP contribution is 2.14. The number of rotatable bonds is 4. The Bertz CT molecular complexity index is 644. The van der Waals surface area contributed by atoms with Crippen molar-refractivity contribution in [1.29, 1.82) is 0 Å². The Morgan fingerprint density at radius 2 is 1.95 bits per heavy atom. The molecular formula is C14H12F2N2O2S. The predicted octanol–water partition coefficient (Wildman–Crippen LogP) is 2.32. The van der Waals surface area contributed by atoms with Gasteiger partial charge in [0.2, 0.25) is 0 Å². The topological polar surface area (TPSA) is 58.2 Å². The van der Waals surface area contributed by atoms with Crippen LogP contribution in [0.15, 0.2) is 35.0 Å². The van der Waals surface area contributed by atoms with Crippen molar-refractivity contribution in [3.05, 3.63) is 52.2 Å². The van der Waals surface area contributed by atoms with Crippen LogP contribution in [0.3, 0.4) is 0 Å². The van der Waals surface area contributed by atoms with Crippen molar-refractivity contribution < 1.29 is 18.4 Å². The number of carbonyl (C=O) groups is 2. The highest BCUT2D eigenvalue weighted by atomic mass is 32.1. The van der Waals surface area contributed by atoms with E-state index in [9.17, 15) is 18.4 Å². The van der Waals surface area contributed by atoms with Gasteiger partial charge in [0.05, 0.1) is 5.69 Å². The van der Waals surface area contributed by atoms with Gasteiger partial charge in [0.15, 0.2) is 0 Å². The van der Waals surface area contributed by atoms with Gasteiger partial charge in [0.25, 0.3) is 0 Å². The molecule has 0 saturated heterocycles. The maximum absolute atomic E-state index is 13.3. The first-order valence-electron chi connectivity index (χ1n) is 6.11. The third-order valence-electron chi connectivity index (χ3n) is 2.66. The lowest BCUT2D eigenvalue weighted by Gasteiger charge is -2.07. The number of amides is 2. The van der Waals surface area contributed by atoms with Crippen LogP contribution in [-0.2, 0) is 16.0 Å². The summed E-state index contributed by atoms with van der Waals surface area (Å²) in [6, 6.07) is 4.60. The normalized spacial score (nSPS) is 10.2. The second kappa shape index (κ2) is 6.94. The van der Waals surface area contributed by atoms with Crippen molar-refractivity contribution in [2.24, 2.45) is 0 Å². The van der Waals surface area contributed by atoms with Crippen molar-refractivity contribution in [3.63, 3.8) is 0 Å². The van der Waals surface area contributed by atoms with E-state index in [4.69, 9.17) is 0 Å². The summed E-state index contributed by atoms with van der Waals surface area (Å²) in [5.74, 6) is -3.56. The molecule has 1 heterocycles. The van der Waals surface area contributed by atoms with E-state index >= 15 is 0 Å². The van der Waals surface area contributed by atoms with E-state index in [-0.39, 0.29) is 5.69 Å². The Hall–Kier alpha value is -2.28. The second-order valence-electron chi connectivity index (χ2n) is 4.22. The summed E-state index contributed by atoms with van der Waals surface area (Å²) in [6.45, 7) is 0.300. The molecule has 110 valence electrons.